The fraction of sp³-hybridized carbons (Fsp3) is 0.304. The van der Waals surface area contributed by atoms with Crippen molar-refractivity contribution in [3.63, 3.8) is 0 Å². The average molecular weight is 462 g/mol. The number of hydrogen-bond donors (Lipinski definition) is 0. The van der Waals surface area contributed by atoms with Gasteiger partial charge in [0.05, 0.1) is 30.3 Å². The van der Waals surface area contributed by atoms with E-state index in [1.807, 2.05) is 17.0 Å². The summed E-state index contributed by atoms with van der Waals surface area (Å²) in [5.74, 6) is 0.861. The second-order valence-corrected chi connectivity index (χ2v) is 8.36. The molecular formula is C23H22F3N3O2S. The smallest absolute Gasteiger partial charge is 0.416 e. The maximum Gasteiger partial charge on any atom is 0.416 e. The van der Waals surface area contributed by atoms with Crippen LogP contribution in [0.15, 0.2) is 59.9 Å². The summed E-state index contributed by atoms with van der Waals surface area (Å²) in [7, 11) is 1.56. The van der Waals surface area contributed by atoms with Crippen molar-refractivity contribution in [3.8, 4) is 22.7 Å². The molecular weight excluding hydrogens is 439 g/mol. The predicted molar refractivity (Wildman–Crippen MR) is 117 cm³/mol. The Morgan fingerprint density at radius 1 is 1.12 bits per heavy atom. The fourth-order valence-corrected chi connectivity index (χ4v) is 4.55. The maximum absolute atomic E-state index is 13.3. The van der Waals surface area contributed by atoms with Crippen molar-refractivity contribution in [2.45, 2.75) is 24.2 Å². The van der Waals surface area contributed by atoms with Crippen LogP contribution in [0.5, 0.6) is 5.75 Å². The summed E-state index contributed by atoms with van der Waals surface area (Å²) in [6.07, 6.45) is -0.853. The first-order valence-electron chi connectivity index (χ1n) is 10.2. The Labute approximate surface area is 188 Å². The summed E-state index contributed by atoms with van der Waals surface area (Å²) in [6, 6.07) is 12.3. The fourth-order valence-electron chi connectivity index (χ4n) is 3.66. The van der Waals surface area contributed by atoms with Crippen molar-refractivity contribution in [2.75, 3.05) is 26.0 Å². The second kappa shape index (κ2) is 9.28. The summed E-state index contributed by atoms with van der Waals surface area (Å²) >= 11 is 1.23. The first-order chi connectivity index (χ1) is 15.4. The SMILES string of the molecule is COc1ccc(-c2cnc(SCC(=O)N3CCCC3)n2-c2cccc(C(F)(F)F)c2)cc1. The van der Waals surface area contributed by atoms with Crippen LogP contribution in [-0.4, -0.2) is 46.3 Å². The number of thioether (sulfide) groups is 1. The van der Waals surface area contributed by atoms with Gasteiger partial charge in [-0.3, -0.25) is 9.36 Å². The standard InChI is InChI=1S/C23H22F3N3O2S/c1-31-19-9-7-16(8-10-19)20-14-27-22(32-15-21(30)28-11-2-3-12-28)29(20)18-6-4-5-17(13-18)23(24,25)26/h4-10,13-14H,2-3,11-12,15H2,1H3. The van der Waals surface area contributed by atoms with E-state index >= 15 is 0 Å². The number of carbonyl (C=O) groups is 1. The number of halogens is 3. The third-order valence-electron chi connectivity index (χ3n) is 5.33. The van der Waals surface area contributed by atoms with Crippen LogP contribution in [0.2, 0.25) is 0 Å². The molecule has 1 saturated heterocycles. The summed E-state index contributed by atoms with van der Waals surface area (Å²) in [5.41, 5.74) is 0.990. The van der Waals surface area contributed by atoms with Gasteiger partial charge in [0.25, 0.3) is 0 Å². The molecule has 0 unspecified atom stereocenters. The van der Waals surface area contributed by atoms with Gasteiger partial charge >= 0.3 is 6.18 Å². The van der Waals surface area contributed by atoms with E-state index in [9.17, 15) is 18.0 Å². The summed E-state index contributed by atoms with van der Waals surface area (Å²) in [4.78, 5) is 18.8. The number of methoxy groups -OCH3 is 1. The van der Waals surface area contributed by atoms with E-state index in [2.05, 4.69) is 4.98 Å². The molecule has 2 heterocycles. The zero-order chi connectivity index (χ0) is 22.7. The van der Waals surface area contributed by atoms with Crippen LogP contribution < -0.4 is 4.74 Å². The lowest BCUT2D eigenvalue weighted by molar-refractivity contribution is -0.137. The highest BCUT2D eigenvalue weighted by Crippen LogP contribution is 2.34. The molecule has 1 aliphatic heterocycles. The summed E-state index contributed by atoms with van der Waals surface area (Å²) in [5, 5.41) is 0.461. The van der Waals surface area contributed by atoms with Crippen molar-refractivity contribution in [2.24, 2.45) is 0 Å². The Balaban J connectivity index is 1.71. The number of alkyl halides is 3. The number of rotatable bonds is 6. The van der Waals surface area contributed by atoms with E-state index in [1.54, 1.807) is 36.1 Å². The van der Waals surface area contributed by atoms with Crippen LogP contribution in [-0.2, 0) is 11.0 Å². The minimum atomic E-state index is -4.46. The summed E-state index contributed by atoms with van der Waals surface area (Å²) in [6.45, 7) is 1.50. The number of likely N-dealkylation sites (tertiary alicyclic amines) is 1. The van der Waals surface area contributed by atoms with Crippen molar-refractivity contribution in [1.82, 2.24) is 14.5 Å². The molecule has 1 aliphatic rings. The highest BCUT2D eigenvalue weighted by molar-refractivity contribution is 7.99. The molecule has 0 radical (unpaired) electrons. The number of hydrogen-bond acceptors (Lipinski definition) is 4. The third kappa shape index (κ3) is 4.77. The number of nitrogens with zero attached hydrogens (tertiary/aromatic N) is 3. The van der Waals surface area contributed by atoms with Gasteiger partial charge in [-0.2, -0.15) is 13.2 Å². The molecule has 0 N–H and O–H groups in total. The van der Waals surface area contributed by atoms with Crippen LogP contribution in [0, 0.1) is 0 Å². The first-order valence-corrected chi connectivity index (χ1v) is 11.2. The van der Waals surface area contributed by atoms with Crippen LogP contribution in [0.25, 0.3) is 16.9 Å². The quantitative estimate of drug-likeness (QED) is 0.469. The van der Waals surface area contributed by atoms with Crippen LogP contribution in [0.3, 0.4) is 0 Å². The zero-order valence-corrected chi connectivity index (χ0v) is 18.2. The van der Waals surface area contributed by atoms with Gasteiger partial charge in [0.2, 0.25) is 5.91 Å². The lowest BCUT2D eigenvalue weighted by Gasteiger charge is -2.16. The molecule has 1 aromatic heterocycles. The third-order valence-corrected chi connectivity index (χ3v) is 6.27. The number of benzene rings is 2. The van der Waals surface area contributed by atoms with Crippen molar-refractivity contribution in [3.05, 3.63) is 60.3 Å². The Morgan fingerprint density at radius 2 is 1.84 bits per heavy atom. The van der Waals surface area contributed by atoms with E-state index in [4.69, 9.17) is 4.74 Å². The highest BCUT2D eigenvalue weighted by atomic mass is 32.2. The van der Waals surface area contributed by atoms with Gasteiger partial charge in [-0.25, -0.2) is 4.98 Å². The Morgan fingerprint density at radius 3 is 2.50 bits per heavy atom. The number of ether oxygens (including phenoxy) is 1. The molecule has 0 aliphatic carbocycles. The maximum atomic E-state index is 13.3. The lowest BCUT2D eigenvalue weighted by Crippen LogP contribution is -2.29. The minimum Gasteiger partial charge on any atom is -0.497 e. The minimum absolute atomic E-state index is 0.0112. The van der Waals surface area contributed by atoms with E-state index in [-0.39, 0.29) is 11.7 Å². The Hall–Kier alpha value is -2.94. The molecule has 2 aromatic carbocycles. The zero-order valence-electron chi connectivity index (χ0n) is 17.4. The molecule has 4 rings (SSSR count). The monoisotopic (exact) mass is 461 g/mol. The van der Waals surface area contributed by atoms with Crippen LogP contribution in [0.1, 0.15) is 18.4 Å². The lowest BCUT2D eigenvalue weighted by atomic mass is 10.1. The molecule has 0 spiro atoms. The van der Waals surface area contributed by atoms with Gasteiger partial charge in [0, 0.05) is 24.3 Å². The topological polar surface area (TPSA) is 47.4 Å². The van der Waals surface area contributed by atoms with Crippen LogP contribution >= 0.6 is 11.8 Å². The molecule has 32 heavy (non-hydrogen) atoms. The molecule has 0 saturated carbocycles. The predicted octanol–water partition coefficient (Wildman–Crippen LogP) is 5.28. The summed E-state index contributed by atoms with van der Waals surface area (Å²) < 4.78 is 46.9. The molecule has 0 bridgehead atoms. The number of imidazole rings is 1. The normalized spacial score (nSPS) is 14.1. The van der Waals surface area contributed by atoms with Gasteiger partial charge in [-0.15, -0.1) is 0 Å². The Kier molecular flexibility index (Phi) is 6.45. The van der Waals surface area contributed by atoms with Gasteiger partial charge in [0.1, 0.15) is 5.75 Å². The van der Waals surface area contributed by atoms with Crippen molar-refractivity contribution < 1.29 is 22.7 Å². The molecule has 9 heteroatoms. The molecule has 168 valence electrons. The molecule has 5 nitrogen and oxygen atoms in total. The largest absolute Gasteiger partial charge is 0.497 e. The molecule has 3 aromatic rings. The number of amides is 1. The van der Waals surface area contributed by atoms with E-state index in [0.717, 1.165) is 43.6 Å². The molecule has 1 fully saturated rings. The van der Waals surface area contributed by atoms with Gasteiger partial charge in [-0.1, -0.05) is 17.8 Å². The van der Waals surface area contributed by atoms with Gasteiger partial charge < -0.3 is 9.64 Å². The molecule has 0 atom stereocenters. The van der Waals surface area contributed by atoms with E-state index in [1.165, 1.54) is 17.8 Å². The Bertz CT molecular complexity index is 1090. The van der Waals surface area contributed by atoms with Gasteiger partial charge in [-0.05, 0) is 55.3 Å². The molecule has 1 amide bonds. The number of aromatic nitrogens is 2. The van der Waals surface area contributed by atoms with Crippen molar-refractivity contribution >= 4 is 17.7 Å². The van der Waals surface area contributed by atoms with E-state index in [0.29, 0.717) is 22.3 Å². The van der Waals surface area contributed by atoms with Crippen LogP contribution in [0.4, 0.5) is 13.2 Å². The van der Waals surface area contributed by atoms with Gasteiger partial charge in [0.15, 0.2) is 5.16 Å². The van der Waals surface area contributed by atoms with Crippen molar-refractivity contribution in [1.29, 1.82) is 0 Å². The number of carbonyl (C=O) groups excluding carboxylic acids is 1. The van der Waals surface area contributed by atoms with E-state index < -0.39 is 11.7 Å². The first kappa shape index (κ1) is 22.3. The average Bonchev–Trinajstić information content (AvgIpc) is 3.47. The highest BCUT2D eigenvalue weighted by Gasteiger charge is 2.31. The second-order valence-electron chi connectivity index (χ2n) is 7.41.